The van der Waals surface area contributed by atoms with Crippen molar-refractivity contribution in [1.82, 2.24) is 9.97 Å². The van der Waals surface area contributed by atoms with Gasteiger partial charge in [0, 0.05) is 10.6 Å². The van der Waals surface area contributed by atoms with E-state index in [4.69, 9.17) is 34.0 Å². The van der Waals surface area contributed by atoms with Gasteiger partial charge in [0.15, 0.2) is 5.82 Å². The Balaban J connectivity index is 2.49. The number of hydrogen-bond acceptors (Lipinski definition) is 5. The van der Waals surface area contributed by atoms with Crippen molar-refractivity contribution in [3.63, 3.8) is 0 Å². The number of aromatic nitrogens is 2. The quantitative estimate of drug-likeness (QED) is 0.827. The molecule has 0 bridgehead atoms. The molecular weight excluding hydrogens is 293 g/mol. The van der Waals surface area contributed by atoms with E-state index >= 15 is 0 Å². The van der Waals surface area contributed by atoms with Gasteiger partial charge in [0.25, 0.3) is 5.88 Å². The molecule has 19 heavy (non-hydrogen) atoms. The van der Waals surface area contributed by atoms with Gasteiger partial charge in [0.2, 0.25) is 0 Å². The molecule has 0 fully saturated rings. The second-order valence-corrected chi connectivity index (χ2v) is 4.24. The van der Waals surface area contributed by atoms with Gasteiger partial charge in [-0.05, 0) is 24.3 Å². The molecule has 0 saturated carbocycles. The minimum absolute atomic E-state index is 0.0714. The molecule has 2 aromatic rings. The third-order valence-corrected chi connectivity index (χ3v) is 2.74. The van der Waals surface area contributed by atoms with Crippen LogP contribution in [0.25, 0.3) is 11.4 Å². The van der Waals surface area contributed by atoms with Crippen molar-refractivity contribution < 1.29 is 14.6 Å². The highest BCUT2D eigenvalue weighted by Crippen LogP contribution is 2.30. The lowest BCUT2D eigenvalue weighted by Gasteiger charge is -2.07. The summed E-state index contributed by atoms with van der Waals surface area (Å²) in [6.45, 7) is 0. The van der Waals surface area contributed by atoms with E-state index in [1.165, 1.54) is 0 Å². The lowest BCUT2D eigenvalue weighted by molar-refractivity contribution is 0.142. The summed E-state index contributed by atoms with van der Waals surface area (Å²) in [6.07, 6.45) is -1.54. The van der Waals surface area contributed by atoms with Crippen LogP contribution in [0.4, 0.5) is 10.6 Å². The maximum Gasteiger partial charge on any atom is 0.512 e. The molecule has 98 valence electrons. The summed E-state index contributed by atoms with van der Waals surface area (Å²) in [7, 11) is 0. The fourth-order valence-electron chi connectivity index (χ4n) is 1.32. The molecule has 1 heterocycles. The maximum absolute atomic E-state index is 10.5. The van der Waals surface area contributed by atoms with Crippen LogP contribution in [0.1, 0.15) is 0 Å². The van der Waals surface area contributed by atoms with Gasteiger partial charge in [-0.3, -0.25) is 0 Å². The Kier molecular flexibility index (Phi) is 3.73. The second kappa shape index (κ2) is 5.29. The van der Waals surface area contributed by atoms with Crippen LogP contribution in [-0.4, -0.2) is 21.2 Å². The van der Waals surface area contributed by atoms with Gasteiger partial charge in [-0.15, -0.1) is 0 Å². The number of ether oxygens (including phenoxy) is 1. The number of benzene rings is 1. The fraction of sp³-hybridized carbons (Fsp3) is 0. The topological polar surface area (TPSA) is 98.3 Å². The Bertz CT molecular complexity index is 632. The Hall–Kier alpha value is -2.05. The van der Waals surface area contributed by atoms with E-state index < -0.39 is 6.16 Å². The highest BCUT2D eigenvalue weighted by molar-refractivity contribution is 6.34. The summed E-state index contributed by atoms with van der Waals surface area (Å²) >= 11 is 11.5. The molecule has 0 aliphatic carbocycles. The first-order valence-electron chi connectivity index (χ1n) is 4.97. The van der Waals surface area contributed by atoms with Crippen LogP contribution in [0.15, 0.2) is 24.3 Å². The largest absolute Gasteiger partial charge is 0.512 e. The molecule has 6 nitrogen and oxygen atoms in total. The minimum atomic E-state index is -1.54. The van der Waals surface area contributed by atoms with Crippen LogP contribution in [0.2, 0.25) is 10.0 Å². The summed E-state index contributed by atoms with van der Waals surface area (Å²) in [5.41, 5.74) is 6.18. The molecule has 0 amide bonds. The Morgan fingerprint density at radius 2 is 1.84 bits per heavy atom. The van der Waals surface area contributed by atoms with Gasteiger partial charge >= 0.3 is 6.16 Å². The smallest absolute Gasteiger partial charge is 0.449 e. The van der Waals surface area contributed by atoms with E-state index in [2.05, 4.69) is 14.7 Å². The number of carboxylic acid groups (broad SMARTS) is 1. The Morgan fingerprint density at radius 3 is 2.42 bits per heavy atom. The predicted molar refractivity (Wildman–Crippen MR) is 70.6 cm³/mol. The number of halogens is 2. The normalized spacial score (nSPS) is 10.2. The summed E-state index contributed by atoms with van der Waals surface area (Å²) in [6, 6.07) is 6.61. The average Bonchev–Trinajstić information content (AvgIpc) is 2.35. The lowest BCUT2D eigenvalue weighted by atomic mass is 10.2. The van der Waals surface area contributed by atoms with E-state index in [1.807, 2.05) is 0 Å². The van der Waals surface area contributed by atoms with Crippen LogP contribution in [0.5, 0.6) is 5.88 Å². The summed E-state index contributed by atoms with van der Waals surface area (Å²) < 4.78 is 4.44. The summed E-state index contributed by atoms with van der Waals surface area (Å²) in [5, 5.41) is 8.98. The van der Waals surface area contributed by atoms with E-state index in [-0.39, 0.29) is 22.5 Å². The van der Waals surface area contributed by atoms with Crippen LogP contribution in [-0.2, 0) is 0 Å². The van der Waals surface area contributed by atoms with Gasteiger partial charge in [-0.1, -0.05) is 23.2 Å². The van der Waals surface area contributed by atoms with Gasteiger partial charge in [-0.25, -0.2) is 9.78 Å². The standard InChI is InChI=1S/C11H7Cl2N3O3/c12-6-3-1-5(2-4-6)9-15-8(14)7(13)10(16-9)19-11(17)18/h1-4H,(H,17,18)(H2,14,15,16). The van der Waals surface area contributed by atoms with Gasteiger partial charge < -0.3 is 15.6 Å². The number of carbonyl (C=O) groups is 1. The van der Waals surface area contributed by atoms with Crippen LogP contribution < -0.4 is 10.5 Å². The first-order valence-corrected chi connectivity index (χ1v) is 5.72. The van der Waals surface area contributed by atoms with Crippen molar-refractivity contribution in [2.75, 3.05) is 5.73 Å². The fourth-order valence-corrected chi connectivity index (χ4v) is 1.57. The monoisotopic (exact) mass is 299 g/mol. The number of nitrogens with zero attached hydrogens (tertiary/aromatic N) is 2. The zero-order valence-electron chi connectivity index (χ0n) is 9.30. The number of anilines is 1. The lowest BCUT2D eigenvalue weighted by Crippen LogP contribution is -2.08. The highest BCUT2D eigenvalue weighted by Gasteiger charge is 2.15. The zero-order valence-corrected chi connectivity index (χ0v) is 10.8. The molecule has 2 rings (SSSR count). The van der Waals surface area contributed by atoms with Crippen LogP contribution in [0, 0.1) is 0 Å². The molecule has 3 N–H and O–H groups in total. The molecule has 0 spiro atoms. The number of rotatable bonds is 2. The molecule has 0 radical (unpaired) electrons. The van der Waals surface area contributed by atoms with Crippen molar-refractivity contribution in [2.24, 2.45) is 0 Å². The Morgan fingerprint density at radius 1 is 1.21 bits per heavy atom. The van der Waals surface area contributed by atoms with Crippen molar-refractivity contribution >= 4 is 35.2 Å². The molecule has 8 heteroatoms. The van der Waals surface area contributed by atoms with Crippen molar-refractivity contribution in [3.8, 4) is 17.3 Å². The predicted octanol–water partition coefficient (Wildman–Crippen LogP) is 3.09. The molecule has 0 aliphatic rings. The molecule has 1 aromatic heterocycles. The first-order chi connectivity index (χ1) is 8.97. The molecule has 0 aliphatic heterocycles. The van der Waals surface area contributed by atoms with Gasteiger partial charge in [-0.2, -0.15) is 4.98 Å². The van der Waals surface area contributed by atoms with Crippen LogP contribution >= 0.6 is 23.2 Å². The molecule has 0 atom stereocenters. The van der Waals surface area contributed by atoms with E-state index in [1.54, 1.807) is 24.3 Å². The maximum atomic E-state index is 10.5. The molecule has 0 saturated heterocycles. The number of nitrogen functional groups attached to an aromatic ring is 1. The zero-order chi connectivity index (χ0) is 14.0. The molecule has 1 aromatic carbocycles. The highest BCUT2D eigenvalue weighted by atomic mass is 35.5. The Labute approximate surface area is 117 Å². The first kappa shape index (κ1) is 13.4. The van der Waals surface area contributed by atoms with E-state index in [0.717, 1.165) is 0 Å². The third kappa shape index (κ3) is 3.04. The third-order valence-electron chi connectivity index (χ3n) is 2.13. The van der Waals surface area contributed by atoms with Gasteiger partial charge in [0.1, 0.15) is 10.8 Å². The molecule has 0 unspecified atom stereocenters. The van der Waals surface area contributed by atoms with Gasteiger partial charge in [0.05, 0.1) is 0 Å². The summed E-state index contributed by atoms with van der Waals surface area (Å²) in [4.78, 5) is 18.4. The second-order valence-electron chi connectivity index (χ2n) is 3.43. The van der Waals surface area contributed by atoms with E-state index in [0.29, 0.717) is 10.6 Å². The van der Waals surface area contributed by atoms with Crippen LogP contribution in [0.3, 0.4) is 0 Å². The number of nitrogens with two attached hydrogens (primary N) is 1. The number of hydrogen-bond donors (Lipinski definition) is 2. The minimum Gasteiger partial charge on any atom is -0.449 e. The van der Waals surface area contributed by atoms with E-state index in [9.17, 15) is 4.79 Å². The summed E-state index contributed by atoms with van der Waals surface area (Å²) in [5.74, 6) is -0.195. The van der Waals surface area contributed by atoms with Crippen molar-refractivity contribution in [3.05, 3.63) is 34.3 Å². The SMILES string of the molecule is Nc1nc(-c2ccc(Cl)cc2)nc(OC(=O)O)c1Cl. The van der Waals surface area contributed by atoms with Crippen molar-refractivity contribution in [2.45, 2.75) is 0 Å². The van der Waals surface area contributed by atoms with Crippen molar-refractivity contribution in [1.29, 1.82) is 0 Å². The molecular formula is C11H7Cl2N3O3. The average molecular weight is 300 g/mol.